The molecule has 1 atom stereocenters. The van der Waals surface area contributed by atoms with Crippen molar-refractivity contribution in [1.82, 2.24) is 10.3 Å². The molecule has 1 aromatic heterocycles. The molecule has 0 aliphatic rings. The standard InChI is InChI=1S/C17H29N3O/c1-7-13(4)18-11-14-9-15(19-10-12(14)3)20-16(21)17(5,6)8-2/h9-10,13,18H,7-8,11H2,1-6H3,(H,19,20,21). The maximum Gasteiger partial charge on any atom is 0.231 e. The van der Waals surface area contributed by atoms with Crippen molar-refractivity contribution < 1.29 is 4.79 Å². The number of carbonyl (C=O) groups is 1. The highest BCUT2D eigenvalue weighted by Crippen LogP contribution is 2.22. The fourth-order valence-corrected chi connectivity index (χ4v) is 1.70. The van der Waals surface area contributed by atoms with E-state index in [-0.39, 0.29) is 11.3 Å². The summed E-state index contributed by atoms with van der Waals surface area (Å²) in [5, 5.41) is 6.40. The van der Waals surface area contributed by atoms with Crippen LogP contribution in [0, 0.1) is 12.3 Å². The number of rotatable bonds is 7. The highest BCUT2D eigenvalue weighted by atomic mass is 16.2. The van der Waals surface area contributed by atoms with E-state index < -0.39 is 0 Å². The van der Waals surface area contributed by atoms with Crippen LogP contribution in [-0.4, -0.2) is 16.9 Å². The number of carbonyl (C=O) groups excluding carboxylic acids is 1. The highest BCUT2D eigenvalue weighted by molar-refractivity contribution is 5.94. The van der Waals surface area contributed by atoms with Crippen molar-refractivity contribution in [1.29, 1.82) is 0 Å². The molecule has 0 radical (unpaired) electrons. The number of anilines is 1. The zero-order valence-corrected chi connectivity index (χ0v) is 14.2. The Balaban J connectivity index is 2.79. The molecule has 0 spiro atoms. The Morgan fingerprint density at radius 1 is 1.38 bits per heavy atom. The molecular formula is C17H29N3O. The van der Waals surface area contributed by atoms with Crippen molar-refractivity contribution in [3.8, 4) is 0 Å². The Bertz CT molecular complexity index is 483. The number of aromatic nitrogens is 1. The van der Waals surface area contributed by atoms with Gasteiger partial charge in [0.2, 0.25) is 5.91 Å². The van der Waals surface area contributed by atoms with Gasteiger partial charge in [-0.1, -0.05) is 27.7 Å². The molecule has 0 saturated carbocycles. The molecule has 2 N–H and O–H groups in total. The van der Waals surface area contributed by atoms with Crippen LogP contribution < -0.4 is 10.6 Å². The molecule has 0 fully saturated rings. The summed E-state index contributed by atoms with van der Waals surface area (Å²) < 4.78 is 0. The summed E-state index contributed by atoms with van der Waals surface area (Å²) in [5.41, 5.74) is 1.94. The number of hydrogen-bond donors (Lipinski definition) is 2. The van der Waals surface area contributed by atoms with E-state index in [9.17, 15) is 4.79 Å². The second kappa shape index (κ2) is 7.55. The molecule has 1 unspecified atom stereocenters. The monoisotopic (exact) mass is 291 g/mol. The van der Waals surface area contributed by atoms with Crippen molar-refractivity contribution in [3.05, 3.63) is 23.4 Å². The van der Waals surface area contributed by atoms with E-state index in [1.807, 2.05) is 40.0 Å². The lowest BCUT2D eigenvalue weighted by Gasteiger charge is -2.21. The predicted molar refractivity (Wildman–Crippen MR) is 88.3 cm³/mol. The van der Waals surface area contributed by atoms with Crippen molar-refractivity contribution >= 4 is 11.7 Å². The number of amides is 1. The first-order valence-corrected chi connectivity index (χ1v) is 7.80. The second-order valence-corrected chi connectivity index (χ2v) is 6.38. The SMILES string of the molecule is CCC(C)NCc1cc(NC(=O)C(C)(C)CC)ncc1C. The van der Waals surface area contributed by atoms with Crippen LogP contribution in [0.25, 0.3) is 0 Å². The third-order valence-electron chi connectivity index (χ3n) is 4.21. The van der Waals surface area contributed by atoms with Gasteiger partial charge in [-0.3, -0.25) is 4.79 Å². The third kappa shape index (κ3) is 5.12. The van der Waals surface area contributed by atoms with Crippen molar-refractivity contribution in [2.24, 2.45) is 5.41 Å². The van der Waals surface area contributed by atoms with Gasteiger partial charge in [-0.15, -0.1) is 0 Å². The van der Waals surface area contributed by atoms with Crippen molar-refractivity contribution in [2.75, 3.05) is 5.32 Å². The summed E-state index contributed by atoms with van der Waals surface area (Å²) >= 11 is 0. The number of hydrogen-bond acceptors (Lipinski definition) is 3. The first-order chi connectivity index (χ1) is 9.80. The van der Waals surface area contributed by atoms with Gasteiger partial charge in [0.05, 0.1) is 0 Å². The molecule has 0 aromatic carbocycles. The fraction of sp³-hybridized carbons (Fsp3) is 0.647. The smallest absolute Gasteiger partial charge is 0.231 e. The van der Waals surface area contributed by atoms with Crippen LogP contribution in [-0.2, 0) is 11.3 Å². The average molecular weight is 291 g/mol. The third-order valence-corrected chi connectivity index (χ3v) is 4.21. The zero-order valence-electron chi connectivity index (χ0n) is 14.2. The summed E-state index contributed by atoms with van der Waals surface area (Å²) in [4.78, 5) is 16.5. The van der Waals surface area contributed by atoms with Gasteiger partial charge in [-0.2, -0.15) is 0 Å². The van der Waals surface area contributed by atoms with E-state index >= 15 is 0 Å². The summed E-state index contributed by atoms with van der Waals surface area (Å²) in [5.74, 6) is 0.648. The Morgan fingerprint density at radius 3 is 2.62 bits per heavy atom. The van der Waals surface area contributed by atoms with Crippen LogP contribution in [0.3, 0.4) is 0 Å². The van der Waals surface area contributed by atoms with Crippen LogP contribution in [0.5, 0.6) is 0 Å². The van der Waals surface area contributed by atoms with E-state index in [4.69, 9.17) is 0 Å². The van der Waals surface area contributed by atoms with Gasteiger partial charge in [0.15, 0.2) is 0 Å². The number of aryl methyl sites for hydroxylation is 1. The Hall–Kier alpha value is -1.42. The number of pyridine rings is 1. The molecular weight excluding hydrogens is 262 g/mol. The van der Waals surface area contributed by atoms with Gasteiger partial charge < -0.3 is 10.6 Å². The molecule has 21 heavy (non-hydrogen) atoms. The fourth-order valence-electron chi connectivity index (χ4n) is 1.70. The Kier molecular flexibility index (Phi) is 6.34. The molecule has 1 rings (SSSR count). The first kappa shape index (κ1) is 17.6. The summed E-state index contributed by atoms with van der Waals surface area (Å²) in [6.45, 7) is 13.1. The number of nitrogens with zero attached hydrogens (tertiary/aromatic N) is 1. The van der Waals surface area contributed by atoms with Gasteiger partial charge in [0.25, 0.3) is 0 Å². The normalized spacial score (nSPS) is 13.0. The molecule has 4 nitrogen and oxygen atoms in total. The lowest BCUT2D eigenvalue weighted by atomic mass is 9.89. The first-order valence-electron chi connectivity index (χ1n) is 7.80. The average Bonchev–Trinajstić information content (AvgIpc) is 2.47. The largest absolute Gasteiger partial charge is 0.310 e. The van der Waals surface area contributed by atoms with Crippen LogP contribution in [0.15, 0.2) is 12.3 Å². The van der Waals surface area contributed by atoms with Gasteiger partial charge in [0.1, 0.15) is 5.82 Å². The lowest BCUT2D eigenvalue weighted by Crippen LogP contribution is -2.30. The van der Waals surface area contributed by atoms with Gasteiger partial charge >= 0.3 is 0 Å². The van der Waals surface area contributed by atoms with Crippen LogP contribution in [0.1, 0.15) is 58.6 Å². The van der Waals surface area contributed by atoms with Crippen molar-refractivity contribution in [3.63, 3.8) is 0 Å². The maximum atomic E-state index is 12.2. The van der Waals surface area contributed by atoms with Gasteiger partial charge in [-0.05, 0) is 43.9 Å². The van der Waals surface area contributed by atoms with Gasteiger partial charge in [0, 0.05) is 24.2 Å². The minimum absolute atomic E-state index is 0.0159. The summed E-state index contributed by atoms with van der Waals surface area (Å²) in [6, 6.07) is 2.45. The van der Waals surface area contributed by atoms with E-state index in [2.05, 4.69) is 29.5 Å². The minimum atomic E-state index is -0.373. The molecule has 0 bridgehead atoms. The molecule has 0 aliphatic carbocycles. The minimum Gasteiger partial charge on any atom is -0.310 e. The molecule has 4 heteroatoms. The van der Waals surface area contributed by atoms with Crippen LogP contribution in [0.4, 0.5) is 5.82 Å². The topological polar surface area (TPSA) is 54.0 Å². The van der Waals surface area contributed by atoms with Crippen LogP contribution >= 0.6 is 0 Å². The number of nitrogens with one attached hydrogen (secondary N) is 2. The van der Waals surface area contributed by atoms with E-state index in [0.717, 1.165) is 24.9 Å². The van der Waals surface area contributed by atoms with E-state index in [1.165, 1.54) is 5.56 Å². The van der Waals surface area contributed by atoms with Gasteiger partial charge in [-0.25, -0.2) is 4.98 Å². The Morgan fingerprint density at radius 2 is 2.05 bits per heavy atom. The second-order valence-electron chi connectivity index (χ2n) is 6.38. The maximum absolute atomic E-state index is 12.2. The molecule has 1 heterocycles. The lowest BCUT2D eigenvalue weighted by molar-refractivity contribution is -0.124. The van der Waals surface area contributed by atoms with Crippen molar-refractivity contribution in [2.45, 2.75) is 67.0 Å². The molecule has 118 valence electrons. The predicted octanol–water partition coefficient (Wildman–Crippen LogP) is 3.65. The molecule has 0 aliphatic heterocycles. The van der Waals surface area contributed by atoms with E-state index in [0.29, 0.717) is 11.9 Å². The summed E-state index contributed by atoms with van der Waals surface area (Å²) in [7, 11) is 0. The summed E-state index contributed by atoms with van der Waals surface area (Å²) in [6.07, 6.45) is 3.72. The van der Waals surface area contributed by atoms with Crippen LogP contribution in [0.2, 0.25) is 0 Å². The quantitative estimate of drug-likeness (QED) is 0.806. The highest BCUT2D eigenvalue weighted by Gasteiger charge is 2.25. The van der Waals surface area contributed by atoms with E-state index in [1.54, 1.807) is 0 Å². The zero-order chi connectivity index (χ0) is 16.0. The molecule has 0 saturated heterocycles. The molecule has 1 amide bonds. The molecule has 1 aromatic rings. The Labute approximate surface area is 128 Å².